The molecule has 0 radical (unpaired) electrons. The van der Waals surface area contributed by atoms with Crippen LogP contribution in [0.2, 0.25) is 5.02 Å². The Hall–Kier alpha value is -2.14. The fourth-order valence-corrected chi connectivity index (χ4v) is 4.59. The van der Waals surface area contributed by atoms with Crippen molar-refractivity contribution in [3.63, 3.8) is 0 Å². The Labute approximate surface area is 176 Å². The zero-order chi connectivity index (χ0) is 19.9. The van der Waals surface area contributed by atoms with Crippen LogP contribution in [0.5, 0.6) is 0 Å². The maximum Gasteiger partial charge on any atom is 0.256 e. The summed E-state index contributed by atoms with van der Waals surface area (Å²) in [4.78, 5) is 14.5. The van der Waals surface area contributed by atoms with E-state index in [2.05, 4.69) is 0 Å². The van der Waals surface area contributed by atoms with Crippen LogP contribution >= 0.6 is 23.2 Å². The highest BCUT2D eigenvalue weighted by Gasteiger charge is 2.49. The highest BCUT2D eigenvalue weighted by atomic mass is 35.5. The van der Waals surface area contributed by atoms with Crippen molar-refractivity contribution in [2.45, 2.75) is 16.4 Å². The Morgan fingerprint density at radius 2 is 1.61 bits per heavy atom. The van der Waals surface area contributed by atoms with Crippen molar-refractivity contribution in [2.75, 3.05) is 6.26 Å². The van der Waals surface area contributed by atoms with Gasteiger partial charge < -0.3 is 4.90 Å². The van der Waals surface area contributed by atoms with Crippen LogP contribution in [0.3, 0.4) is 0 Å². The van der Waals surface area contributed by atoms with Crippen LogP contribution in [0.4, 0.5) is 0 Å². The van der Waals surface area contributed by atoms with Gasteiger partial charge in [-0.3, -0.25) is 9.00 Å². The number of alkyl halides is 1. The van der Waals surface area contributed by atoms with E-state index < -0.39 is 15.8 Å². The van der Waals surface area contributed by atoms with E-state index in [-0.39, 0.29) is 5.91 Å². The van der Waals surface area contributed by atoms with Crippen molar-refractivity contribution in [1.29, 1.82) is 0 Å². The highest BCUT2D eigenvalue weighted by Crippen LogP contribution is 2.48. The highest BCUT2D eigenvalue weighted by molar-refractivity contribution is 7.84. The minimum Gasteiger partial charge on any atom is -0.307 e. The molecule has 0 saturated heterocycles. The number of hydrogen-bond donors (Lipinski definition) is 0. The van der Waals surface area contributed by atoms with Gasteiger partial charge in [-0.1, -0.05) is 65.7 Å². The largest absolute Gasteiger partial charge is 0.307 e. The van der Waals surface area contributed by atoms with E-state index in [1.165, 1.54) is 0 Å². The van der Waals surface area contributed by atoms with Crippen molar-refractivity contribution < 1.29 is 9.00 Å². The van der Waals surface area contributed by atoms with Crippen LogP contribution in [-0.2, 0) is 22.3 Å². The van der Waals surface area contributed by atoms with Gasteiger partial charge in [-0.15, -0.1) is 0 Å². The summed E-state index contributed by atoms with van der Waals surface area (Å²) in [5.41, 5.74) is 3.05. The number of nitrogens with zero attached hydrogens (tertiary/aromatic N) is 1. The van der Waals surface area contributed by atoms with Crippen molar-refractivity contribution in [3.05, 3.63) is 100 Å². The molecule has 0 fully saturated rings. The van der Waals surface area contributed by atoms with Crippen LogP contribution < -0.4 is 0 Å². The second kappa shape index (κ2) is 7.36. The Bertz CT molecular complexity index is 1070. The third-order valence-electron chi connectivity index (χ3n) is 4.95. The van der Waals surface area contributed by atoms with E-state index in [4.69, 9.17) is 23.2 Å². The van der Waals surface area contributed by atoms with Gasteiger partial charge in [0.05, 0.1) is 0 Å². The molecular formula is C22H17Cl2NO2S. The molecule has 0 saturated carbocycles. The van der Waals surface area contributed by atoms with Crippen molar-refractivity contribution in [2.24, 2.45) is 0 Å². The molecule has 6 heteroatoms. The van der Waals surface area contributed by atoms with Gasteiger partial charge in [0.2, 0.25) is 0 Å². The lowest BCUT2D eigenvalue weighted by molar-refractivity contribution is 0.0702. The van der Waals surface area contributed by atoms with Crippen LogP contribution in [0.15, 0.2) is 77.7 Å². The normalized spacial score (nSPS) is 19.5. The quantitative estimate of drug-likeness (QED) is 0.423. The van der Waals surface area contributed by atoms with Gasteiger partial charge in [0.25, 0.3) is 5.91 Å². The average Bonchev–Trinajstić information content (AvgIpc) is 2.92. The van der Waals surface area contributed by atoms with Crippen LogP contribution in [0, 0.1) is 0 Å². The molecule has 0 aliphatic carbocycles. The molecule has 1 amide bonds. The zero-order valence-electron chi connectivity index (χ0n) is 15.1. The molecule has 2 atom stereocenters. The van der Waals surface area contributed by atoms with Gasteiger partial charge in [-0.25, -0.2) is 0 Å². The van der Waals surface area contributed by atoms with E-state index in [0.29, 0.717) is 17.1 Å². The summed E-state index contributed by atoms with van der Waals surface area (Å²) in [6.45, 7) is 0.330. The van der Waals surface area contributed by atoms with Gasteiger partial charge in [-0.2, -0.15) is 0 Å². The van der Waals surface area contributed by atoms with E-state index in [1.54, 1.807) is 29.4 Å². The molecular weight excluding hydrogens is 413 g/mol. The number of hydrogen-bond acceptors (Lipinski definition) is 2. The average molecular weight is 430 g/mol. The number of fused-ring (bicyclic) bond motifs is 1. The molecule has 1 aliphatic rings. The first-order valence-electron chi connectivity index (χ1n) is 8.70. The lowest BCUT2D eigenvalue weighted by Crippen LogP contribution is -2.39. The molecule has 1 heterocycles. The third kappa shape index (κ3) is 3.16. The van der Waals surface area contributed by atoms with Gasteiger partial charge in [-0.05, 0) is 41.5 Å². The van der Waals surface area contributed by atoms with Crippen molar-refractivity contribution >= 4 is 39.9 Å². The fraction of sp³-hybridized carbons (Fsp3) is 0.136. The maximum absolute atomic E-state index is 13.2. The van der Waals surface area contributed by atoms with Crippen LogP contribution in [0.1, 0.15) is 27.0 Å². The predicted molar refractivity (Wildman–Crippen MR) is 113 cm³/mol. The topological polar surface area (TPSA) is 37.4 Å². The molecule has 0 N–H and O–H groups in total. The second-order valence-corrected chi connectivity index (χ2v) is 9.03. The Morgan fingerprint density at radius 1 is 0.964 bits per heavy atom. The van der Waals surface area contributed by atoms with Crippen LogP contribution in [-0.4, -0.2) is 21.3 Å². The summed E-state index contributed by atoms with van der Waals surface area (Å²) in [6.07, 6.45) is 1.64. The standard InChI is InChI=1S/C22H17Cl2NO2S/c1-28(27)18-12-6-15(7-13-18)14-25-21(26)19-4-2-3-5-20(19)22(25,24)16-8-10-17(23)11-9-16/h2-13H,14H2,1H3. The van der Waals surface area contributed by atoms with Gasteiger partial charge in [0, 0.05) is 44.6 Å². The summed E-state index contributed by atoms with van der Waals surface area (Å²) >= 11 is 13.2. The lowest BCUT2D eigenvalue weighted by atomic mass is 9.97. The molecule has 142 valence electrons. The number of halogens is 2. The third-order valence-corrected chi connectivity index (χ3v) is 6.77. The second-order valence-electron chi connectivity index (χ2n) is 6.66. The number of benzene rings is 3. The SMILES string of the molecule is CS(=O)c1ccc(CN2C(=O)c3ccccc3C2(Cl)c2ccc(Cl)cc2)cc1. The summed E-state index contributed by atoms with van der Waals surface area (Å²) in [6, 6.07) is 22.0. The summed E-state index contributed by atoms with van der Waals surface area (Å²) in [7, 11) is -1.05. The first kappa shape index (κ1) is 19.2. The molecule has 4 rings (SSSR count). The van der Waals surface area contributed by atoms with E-state index in [9.17, 15) is 9.00 Å². The summed E-state index contributed by atoms with van der Waals surface area (Å²) < 4.78 is 11.6. The van der Waals surface area contributed by atoms with Gasteiger partial charge in [0.1, 0.15) is 0 Å². The van der Waals surface area contributed by atoms with Gasteiger partial charge >= 0.3 is 0 Å². The molecule has 0 bridgehead atoms. The lowest BCUT2D eigenvalue weighted by Gasteiger charge is -2.34. The monoisotopic (exact) mass is 429 g/mol. The smallest absolute Gasteiger partial charge is 0.256 e. The fourth-order valence-electron chi connectivity index (χ4n) is 3.52. The van der Waals surface area contributed by atoms with Crippen molar-refractivity contribution in [3.8, 4) is 0 Å². The molecule has 3 aromatic rings. The zero-order valence-corrected chi connectivity index (χ0v) is 17.4. The number of amides is 1. The summed E-state index contributed by atoms with van der Waals surface area (Å²) in [5.74, 6) is -0.122. The Morgan fingerprint density at radius 3 is 2.25 bits per heavy atom. The predicted octanol–water partition coefficient (Wildman–Crippen LogP) is 5.17. The maximum atomic E-state index is 13.2. The molecule has 28 heavy (non-hydrogen) atoms. The number of carbonyl (C=O) groups excluding carboxylic acids is 1. The number of carbonyl (C=O) groups is 1. The minimum absolute atomic E-state index is 0.122. The van der Waals surface area contributed by atoms with Crippen molar-refractivity contribution in [1.82, 2.24) is 4.90 Å². The van der Waals surface area contributed by atoms with Crippen LogP contribution in [0.25, 0.3) is 0 Å². The van der Waals surface area contributed by atoms with E-state index in [1.807, 2.05) is 54.6 Å². The first-order valence-corrected chi connectivity index (χ1v) is 11.0. The molecule has 3 aromatic carbocycles. The first-order chi connectivity index (χ1) is 13.4. The number of rotatable bonds is 4. The summed E-state index contributed by atoms with van der Waals surface area (Å²) in [5, 5.41) is 0.608. The Kier molecular flexibility index (Phi) is 5.04. The van der Waals surface area contributed by atoms with E-state index >= 15 is 0 Å². The molecule has 2 unspecified atom stereocenters. The molecule has 0 spiro atoms. The minimum atomic E-state index is -1.12. The molecule has 3 nitrogen and oxygen atoms in total. The van der Waals surface area contributed by atoms with E-state index in [0.717, 1.165) is 21.6 Å². The molecule has 1 aliphatic heterocycles. The Balaban J connectivity index is 1.79. The molecule has 0 aromatic heterocycles. The van der Waals surface area contributed by atoms with Gasteiger partial charge in [0.15, 0.2) is 5.00 Å².